The molecule has 3 heterocycles. The number of hydrogen-bond acceptors (Lipinski definition) is 2. The molecule has 0 radical (unpaired) electrons. The number of aromatic nitrogens is 2. The first-order chi connectivity index (χ1) is 28.2. The largest absolute Gasteiger partial charge is 0.353 e. The van der Waals surface area contributed by atoms with Crippen LogP contribution in [-0.4, -0.2) is 14.8 Å². The van der Waals surface area contributed by atoms with Crippen molar-refractivity contribution in [1.29, 1.82) is 0 Å². The van der Waals surface area contributed by atoms with Crippen molar-refractivity contribution in [1.82, 2.24) is 14.5 Å². The Hall–Kier alpha value is -7.17. The van der Waals surface area contributed by atoms with E-state index in [1.807, 2.05) is 0 Å². The fourth-order valence-corrected chi connectivity index (χ4v) is 9.22. The van der Waals surface area contributed by atoms with E-state index in [0.29, 0.717) is 5.92 Å². The Morgan fingerprint density at radius 3 is 1.96 bits per heavy atom. The third-order valence-corrected chi connectivity index (χ3v) is 11.8. The lowest BCUT2D eigenvalue weighted by Crippen LogP contribution is -2.26. The van der Waals surface area contributed by atoms with Crippen molar-refractivity contribution >= 4 is 50.1 Å². The van der Waals surface area contributed by atoms with Gasteiger partial charge in [-0.1, -0.05) is 140 Å². The van der Waals surface area contributed by atoms with Crippen LogP contribution in [0, 0.1) is 0 Å². The monoisotopic (exact) mass is 732 g/mol. The summed E-state index contributed by atoms with van der Waals surface area (Å²) in [6, 6.07) is 63.6. The topological polar surface area (TPSA) is 34.2 Å². The van der Waals surface area contributed by atoms with E-state index in [1.54, 1.807) is 0 Å². The Labute approximate surface area is 332 Å². The van der Waals surface area contributed by atoms with E-state index < -0.39 is 0 Å². The highest BCUT2D eigenvalue weighted by Gasteiger charge is 2.29. The van der Waals surface area contributed by atoms with Crippen LogP contribution in [0.4, 0.5) is 0 Å². The first kappa shape index (κ1) is 33.2. The maximum absolute atomic E-state index is 5.38. The molecular formula is C53H40N4. The van der Waals surface area contributed by atoms with Crippen molar-refractivity contribution in [3.05, 3.63) is 211 Å². The van der Waals surface area contributed by atoms with Gasteiger partial charge in [-0.15, -0.1) is 0 Å². The lowest BCUT2D eigenvalue weighted by atomic mass is 9.83. The van der Waals surface area contributed by atoms with E-state index in [9.17, 15) is 0 Å². The smallest absolute Gasteiger partial charge is 0.201 e. The first-order valence-electron chi connectivity index (χ1n) is 19.9. The van der Waals surface area contributed by atoms with E-state index in [1.165, 1.54) is 83.0 Å². The molecule has 0 fully saturated rings. The van der Waals surface area contributed by atoms with Crippen molar-refractivity contribution in [2.75, 3.05) is 0 Å². The van der Waals surface area contributed by atoms with Gasteiger partial charge < -0.3 is 14.5 Å². The lowest BCUT2D eigenvalue weighted by Gasteiger charge is -2.26. The molecule has 0 bridgehead atoms. The van der Waals surface area contributed by atoms with Crippen LogP contribution in [0.15, 0.2) is 193 Å². The summed E-state index contributed by atoms with van der Waals surface area (Å²) in [5.41, 5.74) is 16.9. The number of rotatable bonds is 6. The van der Waals surface area contributed by atoms with Gasteiger partial charge in [0.2, 0.25) is 6.29 Å². The van der Waals surface area contributed by atoms with Crippen molar-refractivity contribution in [3.8, 4) is 27.9 Å². The molecule has 57 heavy (non-hydrogen) atoms. The standard InChI is InChI=1S/C53H40N4/c1-35-30-42(39-18-12-17-38(31-39)40-26-27-45-44-22-8-10-24-48(44)56(50(45)33-40)43-20-6-3-7-21-43)34-51-52(35)46-23-9-11-25-49(46)57(51)53-54-29-28-47(55-53)41-19-13-16-37(32-41)36-14-4-2-5-15-36/h2-29,31-35,53-54H,30H2,1H3. The molecule has 2 unspecified atom stereocenters. The van der Waals surface area contributed by atoms with E-state index in [-0.39, 0.29) is 6.29 Å². The van der Waals surface area contributed by atoms with Crippen molar-refractivity contribution < 1.29 is 0 Å². The maximum Gasteiger partial charge on any atom is 0.201 e. The predicted octanol–water partition coefficient (Wildman–Crippen LogP) is 13.2. The van der Waals surface area contributed by atoms with Gasteiger partial charge in [0.05, 0.1) is 22.3 Å². The number of aliphatic imine (C=N–C) groups is 1. The molecule has 11 rings (SSSR count). The second-order valence-electron chi connectivity index (χ2n) is 15.3. The second kappa shape index (κ2) is 13.5. The number of allylic oxidation sites excluding steroid dienone is 2. The Morgan fingerprint density at radius 1 is 0.526 bits per heavy atom. The molecule has 0 spiro atoms. The summed E-state index contributed by atoms with van der Waals surface area (Å²) in [5, 5.41) is 7.44. The Bertz CT molecular complexity index is 3090. The summed E-state index contributed by atoms with van der Waals surface area (Å²) >= 11 is 0. The van der Waals surface area contributed by atoms with Gasteiger partial charge in [-0.05, 0) is 106 Å². The minimum atomic E-state index is -0.295. The van der Waals surface area contributed by atoms with Crippen LogP contribution < -0.4 is 5.32 Å². The summed E-state index contributed by atoms with van der Waals surface area (Å²) < 4.78 is 4.80. The summed E-state index contributed by atoms with van der Waals surface area (Å²) in [6.45, 7) is 2.38. The minimum Gasteiger partial charge on any atom is -0.353 e. The minimum absolute atomic E-state index is 0.295. The third-order valence-electron chi connectivity index (χ3n) is 11.8. The van der Waals surface area contributed by atoms with Gasteiger partial charge in [0, 0.05) is 39.3 Å². The number of nitrogens with zero attached hydrogens (tertiary/aromatic N) is 3. The molecule has 9 aromatic rings. The zero-order valence-electron chi connectivity index (χ0n) is 31.7. The van der Waals surface area contributed by atoms with Gasteiger partial charge in [0.25, 0.3) is 0 Å². The molecule has 1 aliphatic carbocycles. The predicted molar refractivity (Wildman–Crippen MR) is 239 cm³/mol. The molecule has 1 aliphatic heterocycles. The number of nitrogens with one attached hydrogen (secondary N) is 1. The highest BCUT2D eigenvalue weighted by Crippen LogP contribution is 2.45. The first-order valence-corrected chi connectivity index (χ1v) is 19.9. The molecule has 0 saturated carbocycles. The number of hydrogen-bond donors (Lipinski definition) is 1. The van der Waals surface area contributed by atoms with Gasteiger partial charge in [-0.2, -0.15) is 0 Å². The molecule has 2 aromatic heterocycles. The van der Waals surface area contributed by atoms with E-state index >= 15 is 0 Å². The molecule has 7 aromatic carbocycles. The summed E-state index contributed by atoms with van der Waals surface area (Å²) in [4.78, 5) is 5.38. The normalized spacial score (nSPS) is 16.4. The van der Waals surface area contributed by atoms with Gasteiger partial charge >= 0.3 is 0 Å². The van der Waals surface area contributed by atoms with Crippen LogP contribution in [0.3, 0.4) is 0 Å². The Kier molecular flexibility index (Phi) is 7.88. The maximum atomic E-state index is 5.38. The second-order valence-corrected chi connectivity index (χ2v) is 15.3. The Morgan fingerprint density at radius 2 is 1.14 bits per heavy atom. The van der Waals surface area contributed by atoms with Gasteiger partial charge in [-0.3, -0.25) is 0 Å². The summed E-state index contributed by atoms with van der Waals surface area (Å²) in [7, 11) is 0. The zero-order valence-corrected chi connectivity index (χ0v) is 31.7. The van der Waals surface area contributed by atoms with Crippen molar-refractivity contribution in [3.63, 3.8) is 0 Å². The van der Waals surface area contributed by atoms with Crippen molar-refractivity contribution in [2.24, 2.45) is 4.99 Å². The highest BCUT2D eigenvalue weighted by molar-refractivity contribution is 6.11. The van der Waals surface area contributed by atoms with Crippen LogP contribution in [0.5, 0.6) is 0 Å². The van der Waals surface area contributed by atoms with Gasteiger partial charge in [0.1, 0.15) is 0 Å². The summed E-state index contributed by atoms with van der Waals surface area (Å²) in [6.07, 6.45) is 7.24. The summed E-state index contributed by atoms with van der Waals surface area (Å²) in [5.74, 6) is 0.331. The molecule has 1 N–H and O–H groups in total. The average Bonchev–Trinajstić information content (AvgIpc) is 3.80. The average molecular weight is 733 g/mol. The quantitative estimate of drug-likeness (QED) is 0.181. The molecule has 4 heteroatoms. The van der Waals surface area contributed by atoms with Crippen LogP contribution >= 0.6 is 0 Å². The van der Waals surface area contributed by atoms with Crippen molar-refractivity contribution in [2.45, 2.75) is 25.6 Å². The molecule has 272 valence electrons. The molecular weight excluding hydrogens is 693 g/mol. The van der Waals surface area contributed by atoms with E-state index in [0.717, 1.165) is 17.7 Å². The zero-order chi connectivity index (χ0) is 37.9. The lowest BCUT2D eigenvalue weighted by molar-refractivity contribution is 0.481. The van der Waals surface area contributed by atoms with E-state index in [4.69, 9.17) is 4.99 Å². The molecule has 0 saturated heterocycles. The molecule has 0 amide bonds. The van der Waals surface area contributed by atoms with Crippen LogP contribution in [-0.2, 0) is 0 Å². The van der Waals surface area contributed by atoms with Gasteiger partial charge in [0.15, 0.2) is 0 Å². The number of para-hydroxylation sites is 3. The Balaban J connectivity index is 1.00. The van der Waals surface area contributed by atoms with Gasteiger partial charge in [-0.25, -0.2) is 4.99 Å². The molecule has 4 nitrogen and oxygen atoms in total. The fraction of sp³-hybridized carbons (Fsp3) is 0.0755. The highest BCUT2D eigenvalue weighted by atomic mass is 15.3. The van der Waals surface area contributed by atoms with Crippen LogP contribution in [0.1, 0.15) is 47.9 Å². The number of fused-ring (bicyclic) bond motifs is 6. The molecule has 2 aliphatic rings. The van der Waals surface area contributed by atoms with E-state index in [2.05, 4.69) is 216 Å². The van der Waals surface area contributed by atoms with Crippen LogP contribution in [0.25, 0.3) is 72.3 Å². The fourth-order valence-electron chi connectivity index (χ4n) is 9.22. The molecule has 2 atom stereocenters. The number of benzene rings is 7. The third kappa shape index (κ3) is 5.64. The van der Waals surface area contributed by atoms with Crippen LogP contribution in [0.2, 0.25) is 0 Å². The SMILES string of the molecule is CC1CC(c2cccc(-c3ccc4c5ccccc5n(-c5ccccc5)c4c3)c2)=Cc2c1c1ccccc1n2C1N=C(c2cccc(-c3ccccc3)c2)C=CN1.